The van der Waals surface area contributed by atoms with Crippen LogP contribution in [0, 0.1) is 6.92 Å². The van der Waals surface area contributed by atoms with E-state index in [-0.39, 0.29) is 5.96 Å². The van der Waals surface area contributed by atoms with Gasteiger partial charge in [-0.15, -0.1) is 0 Å². The summed E-state index contributed by atoms with van der Waals surface area (Å²) in [4.78, 5) is 29.8. The SMILES string of the molecule is CO.COc1cc(C(=O)NC(N)=NC2=CC(NC(=O)Nc3ccc(-c4ccccc4)cc3)=CC=CC2)cc(OC)c1C. The van der Waals surface area contributed by atoms with Crippen molar-refractivity contribution in [3.05, 3.63) is 114 Å². The maximum atomic E-state index is 12.8. The van der Waals surface area contributed by atoms with Gasteiger partial charge in [0.15, 0.2) is 0 Å². The van der Waals surface area contributed by atoms with Crippen molar-refractivity contribution >= 4 is 23.6 Å². The number of nitrogens with one attached hydrogen (secondary N) is 3. The van der Waals surface area contributed by atoms with Gasteiger partial charge in [0.25, 0.3) is 5.91 Å². The van der Waals surface area contributed by atoms with Crippen molar-refractivity contribution in [3.63, 3.8) is 0 Å². The van der Waals surface area contributed by atoms with E-state index in [9.17, 15) is 9.59 Å². The van der Waals surface area contributed by atoms with Crippen LogP contribution in [0.2, 0.25) is 0 Å². The Morgan fingerprint density at radius 3 is 2.14 bits per heavy atom. The molecule has 0 bridgehead atoms. The minimum absolute atomic E-state index is 0.0904. The van der Waals surface area contributed by atoms with E-state index in [0.29, 0.717) is 40.6 Å². The second-order valence-electron chi connectivity index (χ2n) is 8.87. The number of hydrogen-bond donors (Lipinski definition) is 5. The molecule has 0 atom stereocenters. The number of carbonyl (C=O) groups excluding carboxylic acids is 2. The number of nitrogens with zero attached hydrogens (tertiary/aromatic N) is 1. The predicted octanol–water partition coefficient (Wildman–Crippen LogP) is 4.88. The first kappa shape index (κ1) is 31.2. The zero-order valence-corrected chi connectivity index (χ0v) is 24.0. The van der Waals surface area contributed by atoms with Crippen molar-refractivity contribution in [2.24, 2.45) is 10.7 Å². The minimum Gasteiger partial charge on any atom is -0.496 e. The van der Waals surface area contributed by atoms with E-state index in [1.165, 1.54) is 14.2 Å². The molecular weight excluding hydrogens is 534 g/mol. The van der Waals surface area contributed by atoms with Crippen molar-refractivity contribution < 1.29 is 24.2 Å². The maximum absolute atomic E-state index is 12.8. The third kappa shape index (κ3) is 8.57. The van der Waals surface area contributed by atoms with Crippen molar-refractivity contribution in [1.82, 2.24) is 10.6 Å². The smallest absolute Gasteiger partial charge is 0.323 e. The number of amides is 3. The van der Waals surface area contributed by atoms with Crippen LogP contribution >= 0.6 is 0 Å². The molecule has 3 amide bonds. The van der Waals surface area contributed by atoms with Crippen LogP contribution in [-0.4, -0.2) is 44.3 Å². The summed E-state index contributed by atoms with van der Waals surface area (Å²) in [5, 5.41) is 15.2. The van der Waals surface area contributed by atoms with Crippen molar-refractivity contribution in [3.8, 4) is 22.6 Å². The number of carbonyl (C=O) groups is 2. The van der Waals surface area contributed by atoms with Gasteiger partial charge in [-0.3, -0.25) is 10.1 Å². The number of benzene rings is 3. The number of aliphatic imine (C=N–C) groups is 1. The van der Waals surface area contributed by atoms with Gasteiger partial charge in [0.1, 0.15) is 11.5 Å². The first-order valence-corrected chi connectivity index (χ1v) is 13.0. The molecule has 0 heterocycles. The van der Waals surface area contributed by atoms with Crippen molar-refractivity contribution in [2.75, 3.05) is 26.6 Å². The normalized spacial score (nSPS) is 12.5. The average Bonchev–Trinajstić information content (AvgIpc) is 3.23. The predicted molar refractivity (Wildman–Crippen MR) is 165 cm³/mol. The van der Waals surface area contributed by atoms with Gasteiger partial charge in [-0.2, -0.15) is 0 Å². The molecule has 0 aromatic heterocycles. The van der Waals surface area contributed by atoms with E-state index in [1.54, 1.807) is 24.3 Å². The highest BCUT2D eigenvalue weighted by Gasteiger charge is 2.15. The third-order valence-electron chi connectivity index (χ3n) is 6.09. The number of anilines is 1. The summed E-state index contributed by atoms with van der Waals surface area (Å²) < 4.78 is 10.7. The fraction of sp³-hybridized carbons (Fsp3) is 0.156. The van der Waals surface area contributed by atoms with Crippen LogP contribution in [0.15, 0.2) is 107 Å². The summed E-state index contributed by atoms with van der Waals surface area (Å²) in [5.41, 5.74) is 11.0. The molecule has 0 spiro atoms. The first-order valence-electron chi connectivity index (χ1n) is 13.0. The molecule has 3 aromatic rings. The maximum Gasteiger partial charge on any atom is 0.323 e. The van der Waals surface area contributed by atoms with E-state index >= 15 is 0 Å². The van der Waals surface area contributed by atoms with E-state index in [4.69, 9.17) is 20.3 Å². The topological polar surface area (TPSA) is 147 Å². The van der Waals surface area contributed by atoms with Crippen LogP contribution in [0.25, 0.3) is 11.1 Å². The zero-order valence-electron chi connectivity index (χ0n) is 24.0. The lowest BCUT2D eigenvalue weighted by Gasteiger charge is -2.12. The lowest BCUT2D eigenvalue weighted by molar-refractivity contribution is 0.0976. The summed E-state index contributed by atoms with van der Waals surface area (Å²) in [6, 6.07) is 20.4. The Kier molecular flexibility index (Phi) is 11.5. The molecule has 0 saturated carbocycles. The summed E-state index contributed by atoms with van der Waals surface area (Å²) in [6.07, 6.45) is 7.57. The second kappa shape index (κ2) is 15.4. The van der Waals surface area contributed by atoms with Crippen LogP contribution in [-0.2, 0) is 0 Å². The van der Waals surface area contributed by atoms with E-state index in [0.717, 1.165) is 23.8 Å². The third-order valence-corrected chi connectivity index (χ3v) is 6.09. The Morgan fingerprint density at radius 2 is 1.52 bits per heavy atom. The largest absolute Gasteiger partial charge is 0.496 e. The Balaban J connectivity index is 0.00000237. The number of aliphatic hydroxyl groups is 1. The van der Waals surface area contributed by atoms with Crippen LogP contribution < -0.4 is 31.2 Å². The summed E-state index contributed by atoms with van der Waals surface area (Å²) >= 11 is 0. The molecule has 218 valence electrons. The van der Waals surface area contributed by atoms with Crippen molar-refractivity contribution in [1.29, 1.82) is 0 Å². The van der Waals surface area contributed by atoms with Gasteiger partial charge in [0.2, 0.25) is 5.96 Å². The Hall–Kier alpha value is -5.35. The molecule has 42 heavy (non-hydrogen) atoms. The van der Waals surface area contributed by atoms with Crippen LogP contribution in [0.4, 0.5) is 10.5 Å². The molecule has 10 heteroatoms. The average molecular weight is 570 g/mol. The van der Waals surface area contributed by atoms with Gasteiger partial charge < -0.3 is 30.9 Å². The van der Waals surface area contributed by atoms with Crippen LogP contribution in [0.3, 0.4) is 0 Å². The minimum atomic E-state index is -0.464. The molecule has 0 fully saturated rings. The molecule has 10 nitrogen and oxygen atoms in total. The number of aliphatic hydroxyl groups excluding tert-OH is 1. The lowest BCUT2D eigenvalue weighted by atomic mass is 10.1. The number of nitrogens with two attached hydrogens (primary N) is 1. The molecular formula is C32H35N5O5. The van der Waals surface area contributed by atoms with Crippen LogP contribution in [0.5, 0.6) is 11.5 Å². The number of allylic oxidation sites excluding steroid dienone is 4. The highest BCUT2D eigenvalue weighted by molar-refractivity contribution is 6.06. The summed E-state index contributed by atoms with van der Waals surface area (Å²) in [6.45, 7) is 1.84. The monoisotopic (exact) mass is 569 g/mol. The van der Waals surface area contributed by atoms with Crippen molar-refractivity contribution in [2.45, 2.75) is 13.3 Å². The molecule has 0 saturated heterocycles. The molecule has 1 aliphatic carbocycles. The number of methoxy groups -OCH3 is 2. The molecule has 0 unspecified atom stereocenters. The summed E-state index contributed by atoms with van der Waals surface area (Å²) in [7, 11) is 4.04. The fourth-order valence-corrected chi connectivity index (χ4v) is 4.06. The van der Waals surface area contributed by atoms with Gasteiger partial charge in [-0.1, -0.05) is 54.6 Å². The first-order chi connectivity index (χ1) is 20.4. The van der Waals surface area contributed by atoms with Gasteiger partial charge in [-0.05, 0) is 54.5 Å². The van der Waals surface area contributed by atoms with Gasteiger partial charge in [0.05, 0.1) is 19.9 Å². The molecule has 1 aliphatic rings. The van der Waals surface area contributed by atoms with E-state index < -0.39 is 11.9 Å². The highest BCUT2D eigenvalue weighted by Crippen LogP contribution is 2.29. The Morgan fingerprint density at radius 1 is 0.905 bits per heavy atom. The van der Waals surface area contributed by atoms with E-state index in [1.807, 2.05) is 73.7 Å². The second-order valence-corrected chi connectivity index (χ2v) is 8.87. The standard InChI is InChI=1S/C31H31N5O4.CH4O/c1-20-27(39-2)17-23(18-28(20)40-3)29(37)36-30(32)33-25-11-7-8-12-26(19-25)35-31(38)34-24-15-13-22(14-16-24)21-9-5-4-6-10-21;1-2/h4-10,12-19H,11H2,1-3H3,(H2,34,35,38)(H3,32,33,36,37);2H,1H3. The number of urea groups is 1. The Labute approximate surface area is 245 Å². The molecule has 0 aliphatic heterocycles. The zero-order chi connectivity index (χ0) is 30.5. The van der Waals surface area contributed by atoms with Crippen LogP contribution in [0.1, 0.15) is 22.3 Å². The molecule has 6 N–H and O–H groups in total. The lowest BCUT2D eigenvalue weighted by Crippen LogP contribution is -2.36. The highest BCUT2D eigenvalue weighted by atomic mass is 16.5. The molecule has 3 aromatic carbocycles. The fourth-order valence-electron chi connectivity index (χ4n) is 4.06. The molecule has 0 radical (unpaired) electrons. The number of guanidine groups is 1. The van der Waals surface area contributed by atoms with Gasteiger partial charge in [0, 0.05) is 36.0 Å². The number of hydrogen-bond acceptors (Lipinski definition) is 6. The van der Waals surface area contributed by atoms with E-state index in [2.05, 4.69) is 20.9 Å². The summed E-state index contributed by atoms with van der Waals surface area (Å²) in [5.74, 6) is 0.479. The van der Waals surface area contributed by atoms with Gasteiger partial charge >= 0.3 is 6.03 Å². The molecule has 4 rings (SSSR count). The Bertz CT molecular complexity index is 1490. The van der Waals surface area contributed by atoms with Gasteiger partial charge in [-0.25, -0.2) is 9.79 Å². The number of rotatable bonds is 7. The quantitative estimate of drug-likeness (QED) is 0.202. The number of ether oxygens (including phenoxy) is 2.